The van der Waals surface area contributed by atoms with Crippen LogP contribution in [0.15, 0.2) is 24.3 Å². The molecule has 0 aliphatic carbocycles. The predicted molar refractivity (Wildman–Crippen MR) is 73.4 cm³/mol. The molecule has 0 atom stereocenters. The Balaban J connectivity index is 1.88. The molecular formula is C14H17N3O2. The van der Waals surface area contributed by atoms with Crippen LogP contribution >= 0.6 is 0 Å². The van der Waals surface area contributed by atoms with Gasteiger partial charge >= 0.3 is 0 Å². The molecule has 1 heterocycles. The van der Waals surface area contributed by atoms with Gasteiger partial charge in [0.2, 0.25) is 0 Å². The lowest BCUT2D eigenvalue weighted by molar-refractivity contribution is -0.118. The third-order valence-corrected chi connectivity index (χ3v) is 2.90. The van der Waals surface area contributed by atoms with Crippen LogP contribution in [0.5, 0.6) is 5.75 Å². The number of anilines is 1. The van der Waals surface area contributed by atoms with E-state index >= 15 is 0 Å². The molecule has 1 aromatic heterocycles. The number of aryl methyl sites for hydroxylation is 2. The van der Waals surface area contributed by atoms with E-state index < -0.39 is 0 Å². The van der Waals surface area contributed by atoms with Crippen molar-refractivity contribution in [1.82, 2.24) is 10.2 Å². The number of carbonyl (C=O) groups is 1. The predicted octanol–water partition coefficient (Wildman–Crippen LogP) is 2.35. The molecule has 0 fully saturated rings. The van der Waals surface area contributed by atoms with Gasteiger partial charge in [0.15, 0.2) is 12.4 Å². The number of H-pyrrole nitrogens is 1. The lowest BCUT2D eigenvalue weighted by Crippen LogP contribution is -2.20. The van der Waals surface area contributed by atoms with Crippen LogP contribution in [0.1, 0.15) is 16.8 Å². The van der Waals surface area contributed by atoms with Gasteiger partial charge < -0.3 is 10.1 Å². The fourth-order valence-electron chi connectivity index (χ4n) is 1.56. The molecule has 2 N–H and O–H groups in total. The molecule has 2 rings (SSSR count). The van der Waals surface area contributed by atoms with Crippen LogP contribution in [0.25, 0.3) is 0 Å². The average molecular weight is 259 g/mol. The summed E-state index contributed by atoms with van der Waals surface area (Å²) >= 11 is 0. The van der Waals surface area contributed by atoms with Crippen molar-refractivity contribution in [1.29, 1.82) is 0 Å². The summed E-state index contributed by atoms with van der Waals surface area (Å²) in [5, 5.41) is 9.53. The van der Waals surface area contributed by atoms with Crippen molar-refractivity contribution in [2.45, 2.75) is 20.8 Å². The smallest absolute Gasteiger partial charge is 0.263 e. The summed E-state index contributed by atoms with van der Waals surface area (Å²) in [4.78, 5) is 11.7. The zero-order chi connectivity index (χ0) is 13.8. The number of nitrogens with zero attached hydrogens (tertiary/aromatic N) is 1. The van der Waals surface area contributed by atoms with E-state index in [9.17, 15) is 4.79 Å². The number of hydrogen-bond donors (Lipinski definition) is 2. The molecule has 2 aromatic rings. The second kappa shape index (κ2) is 5.56. The van der Waals surface area contributed by atoms with Crippen LogP contribution in [-0.4, -0.2) is 22.7 Å². The number of rotatable bonds is 4. The van der Waals surface area contributed by atoms with Gasteiger partial charge in [-0.05, 0) is 32.9 Å². The number of benzene rings is 1. The zero-order valence-corrected chi connectivity index (χ0v) is 11.3. The highest BCUT2D eigenvalue weighted by atomic mass is 16.5. The van der Waals surface area contributed by atoms with Gasteiger partial charge in [-0.15, -0.1) is 0 Å². The number of aromatic amines is 1. The Kier molecular flexibility index (Phi) is 3.85. The summed E-state index contributed by atoms with van der Waals surface area (Å²) in [6.07, 6.45) is 0. The topological polar surface area (TPSA) is 67.0 Å². The van der Waals surface area contributed by atoms with Crippen LogP contribution < -0.4 is 10.1 Å². The van der Waals surface area contributed by atoms with Crippen LogP contribution in [0.3, 0.4) is 0 Å². The molecule has 1 aromatic carbocycles. The molecule has 0 saturated carbocycles. The first-order chi connectivity index (χ1) is 9.06. The van der Waals surface area contributed by atoms with Crippen molar-refractivity contribution in [3.8, 4) is 5.75 Å². The van der Waals surface area contributed by atoms with E-state index in [0.29, 0.717) is 11.6 Å². The highest BCUT2D eigenvalue weighted by molar-refractivity contribution is 5.91. The van der Waals surface area contributed by atoms with E-state index in [1.54, 1.807) is 0 Å². The van der Waals surface area contributed by atoms with Gasteiger partial charge in [-0.1, -0.05) is 17.7 Å². The van der Waals surface area contributed by atoms with Crippen LogP contribution in [0, 0.1) is 20.8 Å². The van der Waals surface area contributed by atoms with E-state index in [-0.39, 0.29) is 12.5 Å². The van der Waals surface area contributed by atoms with Crippen LogP contribution in [-0.2, 0) is 4.79 Å². The summed E-state index contributed by atoms with van der Waals surface area (Å²) < 4.78 is 5.39. The summed E-state index contributed by atoms with van der Waals surface area (Å²) in [6, 6.07) is 7.56. The number of nitrogens with one attached hydrogen (secondary N) is 2. The van der Waals surface area contributed by atoms with Gasteiger partial charge in [-0.2, -0.15) is 5.10 Å². The lowest BCUT2D eigenvalue weighted by atomic mass is 10.2. The van der Waals surface area contributed by atoms with E-state index in [1.165, 1.54) is 0 Å². The van der Waals surface area contributed by atoms with Crippen molar-refractivity contribution in [2.75, 3.05) is 11.9 Å². The Hall–Kier alpha value is -2.30. The van der Waals surface area contributed by atoms with E-state index in [1.807, 2.05) is 45.0 Å². The number of carbonyl (C=O) groups excluding carboxylic acids is 1. The van der Waals surface area contributed by atoms with Crippen molar-refractivity contribution in [3.63, 3.8) is 0 Å². The zero-order valence-electron chi connectivity index (χ0n) is 11.3. The van der Waals surface area contributed by atoms with Gasteiger partial charge in [0, 0.05) is 11.3 Å². The highest BCUT2D eigenvalue weighted by Crippen LogP contribution is 2.14. The SMILES string of the molecule is Cc1ccc(OCC(=O)Nc2n[nH]c(C)c2C)cc1. The standard InChI is InChI=1S/C14H17N3O2/c1-9-4-6-12(7-5-9)19-8-13(18)15-14-10(2)11(3)16-17-14/h4-7H,8H2,1-3H3,(H2,15,16,17,18). The fourth-order valence-corrected chi connectivity index (χ4v) is 1.56. The maximum Gasteiger partial charge on any atom is 0.263 e. The first-order valence-corrected chi connectivity index (χ1v) is 6.07. The Morgan fingerprint density at radius 3 is 2.53 bits per heavy atom. The van der Waals surface area contributed by atoms with Crippen LogP contribution in [0.4, 0.5) is 5.82 Å². The molecule has 1 amide bonds. The third kappa shape index (κ3) is 3.34. The number of amides is 1. The van der Waals surface area contributed by atoms with Gasteiger partial charge in [-0.3, -0.25) is 9.89 Å². The Bertz CT molecular complexity index is 573. The maximum atomic E-state index is 11.7. The Morgan fingerprint density at radius 1 is 1.26 bits per heavy atom. The third-order valence-electron chi connectivity index (χ3n) is 2.90. The number of ether oxygens (including phenoxy) is 1. The van der Waals surface area contributed by atoms with Crippen LogP contribution in [0.2, 0.25) is 0 Å². The Morgan fingerprint density at radius 2 is 1.95 bits per heavy atom. The van der Waals surface area contributed by atoms with Crippen molar-refractivity contribution >= 4 is 11.7 Å². The monoisotopic (exact) mass is 259 g/mol. The molecule has 0 aliphatic rings. The minimum atomic E-state index is -0.227. The maximum absolute atomic E-state index is 11.7. The van der Waals surface area contributed by atoms with Gasteiger partial charge in [-0.25, -0.2) is 0 Å². The van der Waals surface area contributed by atoms with E-state index in [0.717, 1.165) is 16.8 Å². The summed E-state index contributed by atoms with van der Waals surface area (Å²) in [6.45, 7) is 5.77. The fraction of sp³-hybridized carbons (Fsp3) is 0.286. The molecule has 5 heteroatoms. The summed E-state index contributed by atoms with van der Waals surface area (Å²) in [5.41, 5.74) is 3.03. The van der Waals surface area contributed by atoms with Crippen molar-refractivity contribution < 1.29 is 9.53 Å². The van der Waals surface area contributed by atoms with Gasteiger partial charge in [0.05, 0.1) is 0 Å². The quantitative estimate of drug-likeness (QED) is 0.885. The van der Waals surface area contributed by atoms with Gasteiger partial charge in [0.1, 0.15) is 5.75 Å². The summed E-state index contributed by atoms with van der Waals surface area (Å²) in [5.74, 6) is 1.00. The molecule has 0 radical (unpaired) electrons. The lowest BCUT2D eigenvalue weighted by Gasteiger charge is -2.06. The molecule has 0 unspecified atom stereocenters. The second-order valence-electron chi connectivity index (χ2n) is 4.47. The second-order valence-corrected chi connectivity index (χ2v) is 4.47. The summed E-state index contributed by atoms with van der Waals surface area (Å²) in [7, 11) is 0. The average Bonchev–Trinajstić information content (AvgIpc) is 2.70. The molecule has 100 valence electrons. The minimum absolute atomic E-state index is 0.0333. The molecule has 19 heavy (non-hydrogen) atoms. The molecule has 0 bridgehead atoms. The number of aromatic nitrogens is 2. The first kappa shape index (κ1) is 13.1. The molecule has 0 spiro atoms. The molecule has 5 nitrogen and oxygen atoms in total. The minimum Gasteiger partial charge on any atom is -0.484 e. The van der Waals surface area contributed by atoms with Crippen molar-refractivity contribution in [3.05, 3.63) is 41.1 Å². The van der Waals surface area contributed by atoms with E-state index in [4.69, 9.17) is 4.74 Å². The van der Waals surface area contributed by atoms with Gasteiger partial charge in [0.25, 0.3) is 5.91 Å². The Labute approximate surface area is 112 Å². The van der Waals surface area contributed by atoms with E-state index in [2.05, 4.69) is 15.5 Å². The molecule has 0 saturated heterocycles. The highest BCUT2D eigenvalue weighted by Gasteiger charge is 2.09. The molecular weight excluding hydrogens is 242 g/mol. The largest absolute Gasteiger partial charge is 0.484 e. The first-order valence-electron chi connectivity index (χ1n) is 6.07. The normalized spacial score (nSPS) is 10.3. The molecule has 0 aliphatic heterocycles. The number of hydrogen-bond acceptors (Lipinski definition) is 3. The van der Waals surface area contributed by atoms with Crippen molar-refractivity contribution in [2.24, 2.45) is 0 Å².